The van der Waals surface area contributed by atoms with E-state index in [1.165, 1.54) is 18.3 Å². The van der Waals surface area contributed by atoms with Crippen molar-refractivity contribution in [3.05, 3.63) is 48.3 Å². The lowest BCUT2D eigenvalue weighted by Crippen LogP contribution is -2.36. The van der Waals surface area contributed by atoms with Crippen LogP contribution in [0.15, 0.2) is 47.6 Å². The molecule has 1 fully saturated rings. The van der Waals surface area contributed by atoms with Gasteiger partial charge in [0, 0.05) is 19.3 Å². The zero-order valence-electron chi connectivity index (χ0n) is 14.9. The molecule has 1 saturated heterocycles. The van der Waals surface area contributed by atoms with Crippen molar-refractivity contribution in [1.29, 1.82) is 0 Å². The van der Waals surface area contributed by atoms with Crippen LogP contribution in [0, 0.1) is 0 Å². The van der Waals surface area contributed by atoms with E-state index in [0.29, 0.717) is 38.7 Å². The van der Waals surface area contributed by atoms with Crippen LogP contribution in [-0.2, 0) is 14.8 Å². The quantitative estimate of drug-likeness (QED) is 0.795. The third-order valence-electron chi connectivity index (χ3n) is 4.03. The number of morpholine rings is 1. The summed E-state index contributed by atoms with van der Waals surface area (Å²) in [5.41, 5.74) is 0.929. The minimum absolute atomic E-state index is 0.0170. The molecular formula is C18H21N3O5S. The van der Waals surface area contributed by atoms with Crippen molar-refractivity contribution in [1.82, 2.24) is 9.71 Å². The van der Waals surface area contributed by atoms with Crippen LogP contribution < -0.4 is 14.4 Å². The number of carbonyl (C=O) groups excluding carboxylic acids is 1. The Balaban J connectivity index is 1.73. The average Bonchev–Trinajstić information content (AvgIpc) is 2.69. The van der Waals surface area contributed by atoms with Gasteiger partial charge >= 0.3 is 0 Å². The normalized spacial score (nSPS) is 14.6. The second-order valence-electron chi connectivity index (χ2n) is 5.87. The van der Waals surface area contributed by atoms with Gasteiger partial charge in [-0.2, -0.15) is 0 Å². The molecule has 27 heavy (non-hydrogen) atoms. The molecule has 1 aliphatic heterocycles. The van der Waals surface area contributed by atoms with Crippen molar-refractivity contribution in [3.8, 4) is 5.75 Å². The smallest absolute Gasteiger partial charge is 0.266 e. The van der Waals surface area contributed by atoms with E-state index in [4.69, 9.17) is 9.47 Å². The number of rotatable bonds is 6. The third-order valence-corrected chi connectivity index (χ3v) is 5.38. The van der Waals surface area contributed by atoms with E-state index in [2.05, 4.69) is 9.71 Å². The number of pyridine rings is 1. The van der Waals surface area contributed by atoms with Gasteiger partial charge in [-0.15, -0.1) is 0 Å². The van der Waals surface area contributed by atoms with Crippen molar-refractivity contribution >= 4 is 21.6 Å². The number of ether oxygens (including phenoxy) is 2. The summed E-state index contributed by atoms with van der Waals surface area (Å²) in [5, 5.41) is 0. The second-order valence-corrected chi connectivity index (χ2v) is 7.55. The molecule has 2 heterocycles. The lowest BCUT2D eigenvalue weighted by molar-refractivity contribution is 0.0981. The monoisotopic (exact) mass is 391 g/mol. The first-order chi connectivity index (χ1) is 13.0. The van der Waals surface area contributed by atoms with E-state index >= 15 is 0 Å². The number of anilines is 1. The van der Waals surface area contributed by atoms with Gasteiger partial charge in [0.05, 0.1) is 42.2 Å². The topological polar surface area (TPSA) is 97.8 Å². The van der Waals surface area contributed by atoms with Crippen LogP contribution in [-0.4, -0.2) is 52.2 Å². The van der Waals surface area contributed by atoms with Crippen LogP contribution in [0.1, 0.15) is 17.3 Å². The van der Waals surface area contributed by atoms with Gasteiger partial charge in [0.15, 0.2) is 0 Å². The first-order valence-corrected chi connectivity index (χ1v) is 10.1. The highest BCUT2D eigenvalue weighted by Crippen LogP contribution is 2.18. The molecule has 1 aromatic carbocycles. The molecule has 1 N–H and O–H groups in total. The minimum atomic E-state index is -3.99. The summed E-state index contributed by atoms with van der Waals surface area (Å²) in [5.74, 6) is -0.170. The Labute approximate surface area is 158 Å². The van der Waals surface area contributed by atoms with E-state index in [-0.39, 0.29) is 10.5 Å². The van der Waals surface area contributed by atoms with E-state index in [0.717, 1.165) is 5.69 Å². The molecule has 144 valence electrons. The highest BCUT2D eigenvalue weighted by atomic mass is 32.2. The summed E-state index contributed by atoms with van der Waals surface area (Å²) in [6.45, 7) is 4.90. The Morgan fingerprint density at radius 1 is 1.22 bits per heavy atom. The summed E-state index contributed by atoms with van der Waals surface area (Å²) >= 11 is 0. The standard InChI is InChI=1S/C18H21N3O5S/c1-2-26-16-3-5-17(6-4-16)27(23,24)20-18(22)14-11-15(13-19-12-14)21-7-9-25-10-8-21/h3-6,11-13H,2,7-10H2,1H3,(H,20,22). The van der Waals surface area contributed by atoms with Crippen molar-refractivity contribution < 1.29 is 22.7 Å². The largest absolute Gasteiger partial charge is 0.494 e. The van der Waals surface area contributed by atoms with E-state index in [1.807, 2.05) is 11.8 Å². The molecule has 1 aromatic heterocycles. The number of carbonyl (C=O) groups is 1. The Kier molecular flexibility index (Phi) is 5.92. The average molecular weight is 391 g/mol. The van der Waals surface area contributed by atoms with Crippen molar-refractivity contribution in [2.45, 2.75) is 11.8 Å². The maximum atomic E-state index is 12.5. The summed E-state index contributed by atoms with van der Waals surface area (Å²) in [6.07, 6.45) is 2.98. The number of sulfonamides is 1. The van der Waals surface area contributed by atoms with E-state index in [9.17, 15) is 13.2 Å². The summed E-state index contributed by atoms with van der Waals surface area (Å²) in [6, 6.07) is 7.50. The van der Waals surface area contributed by atoms with Crippen molar-refractivity contribution in [2.75, 3.05) is 37.8 Å². The summed E-state index contributed by atoms with van der Waals surface area (Å²) < 4.78 is 37.6. The van der Waals surface area contributed by atoms with Gasteiger partial charge in [-0.25, -0.2) is 13.1 Å². The molecule has 0 saturated carbocycles. The predicted molar refractivity (Wildman–Crippen MR) is 99.5 cm³/mol. The summed E-state index contributed by atoms with van der Waals surface area (Å²) in [7, 11) is -3.99. The van der Waals surface area contributed by atoms with Crippen LogP contribution in [0.25, 0.3) is 0 Å². The van der Waals surface area contributed by atoms with Crippen molar-refractivity contribution in [3.63, 3.8) is 0 Å². The SMILES string of the molecule is CCOc1ccc(S(=O)(=O)NC(=O)c2cncc(N3CCOCC3)c2)cc1. The second kappa shape index (κ2) is 8.36. The predicted octanol–water partition coefficient (Wildman–Crippen LogP) is 1.44. The number of hydrogen-bond donors (Lipinski definition) is 1. The lowest BCUT2D eigenvalue weighted by Gasteiger charge is -2.28. The van der Waals surface area contributed by atoms with Gasteiger partial charge in [0.25, 0.3) is 15.9 Å². The number of aromatic nitrogens is 1. The zero-order valence-corrected chi connectivity index (χ0v) is 15.7. The van der Waals surface area contributed by atoms with Crippen LogP contribution in [0.3, 0.4) is 0 Å². The maximum Gasteiger partial charge on any atom is 0.266 e. The molecule has 2 aromatic rings. The number of amides is 1. The molecule has 8 nitrogen and oxygen atoms in total. The number of benzene rings is 1. The van der Waals surface area contributed by atoms with E-state index in [1.54, 1.807) is 24.4 Å². The van der Waals surface area contributed by atoms with Gasteiger partial charge in [0.2, 0.25) is 0 Å². The van der Waals surface area contributed by atoms with Gasteiger partial charge in [-0.3, -0.25) is 9.78 Å². The van der Waals surface area contributed by atoms with Gasteiger partial charge < -0.3 is 14.4 Å². The third kappa shape index (κ3) is 4.75. The first-order valence-electron chi connectivity index (χ1n) is 8.57. The molecule has 1 amide bonds. The Hall–Kier alpha value is -2.65. The Morgan fingerprint density at radius 3 is 2.59 bits per heavy atom. The molecule has 0 atom stereocenters. The fourth-order valence-corrected chi connectivity index (χ4v) is 3.64. The molecular weight excluding hydrogens is 370 g/mol. The van der Waals surface area contributed by atoms with Crippen LogP contribution in [0.5, 0.6) is 5.75 Å². The highest BCUT2D eigenvalue weighted by molar-refractivity contribution is 7.90. The summed E-state index contributed by atoms with van der Waals surface area (Å²) in [4.78, 5) is 18.5. The van der Waals surface area contributed by atoms with Crippen LogP contribution in [0.4, 0.5) is 5.69 Å². The molecule has 1 aliphatic rings. The van der Waals surface area contributed by atoms with Gasteiger partial charge in [-0.1, -0.05) is 0 Å². The van der Waals surface area contributed by atoms with Crippen molar-refractivity contribution in [2.24, 2.45) is 0 Å². The molecule has 0 radical (unpaired) electrons. The molecule has 0 spiro atoms. The number of hydrogen-bond acceptors (Lipinski definition) is 7. The van der Waals surface area contributed by atoms with Crippen LogP contribution >= 0.6 is 0 Å². The number of nitrogens with zero attached hydrogens (tertiary/aromatic N) is 2. The number of nitrogens with one attached hydrogen (secondary N) is 1. The Bertz CT molecular complexity index is 893. The fourth-order valence-electron chi connectivity index (χ4n) is 2.67. The zero-order chi connectivity index (χ0) is 19.3. The van der Waals surface area contributed by atoms with Gasteiger partial charge in [0.1, 0.15) is 5.75 Å². The minimum Gasteiger partial charge on any atom is -0.494 e. The molecule has 0 unspecified atom stereocenters. The molecule has 0 aliphatic carbocycles. The lowest BCUT2D eigenvalue weighted by atomic mass is 10.2. The highest BCUT2D eigenvalue weighted by Gasteiger charge is 2.20. The molecule has 3 rings (SSSR count). The van der Waals surface area contributed by atoms with Crippen LogP contribution in [0.2, 0.25) is 0 Å². The Morgan fingerprint density at radius 2 is 1.93 bits per heavy atom. The molecule has 0 bridgehead atoms. The maximum absolute atomic E-state index is 12.5. The fraction of sp³-hybridized carbons (Fsp3) is 0.333. The molecule has 9 heteroatoms. The first kappa shape index (κ1) is 19.1. The van der Waals surface area contributed by atoms with E-state index < -0.39 is 15.9 Å². The van der Waals surface area contributed by atoms with Gasteiger partial charge in [-0.05, 0) is 37.3 Å².